The van der Waals surface area contributed by atoms with Crippen LogP contribution < -0.4 is 5.32 Å². The minimum absolute atomic E-state index is 0.239. The first-order valence-corrected chi connectivity index (χ1v) is 6.35. The molecule has 0 bridgehead atoms. The minimum atomic E-state index is -1.65. The average Bonchev–Trinajstić information content (AvgIpc) is 2.47. The van der Waals surface area contributed by atoms with E-state index in [0.29, 0.717) is 18.6 Å². The van der Waals surface area contributed by atoms with Crippen molar-refractivity contribution in [3.63, 3.8) is 0 Å². The fraction of sp³-hybridized carbons (Fsp3) is 0.429. The number of amides is 1. The van der Waals surface area contributed by atoms with Crippen LogP contribution in [0.4, 0.5) is 13.2 Å². The molecule has 2 atom stereocenters. The van der Waals surface area contributed by atoms with Gasteiger partial charge in [-0.1, -0.05) is 20.3 Å². The molecule has 1 aromatic carbocycles. The molecule has 4 nitrogen and oxygen atoms in total. The zero-order valence-electron chi connectivity index (χ0n) is 11.9. The molecule has 2 unspecified atom stereocenters. The fourth-order valence-electron chi connectivity index (χ4n) is 1.71. The molecule has 0 radical (unpaired) electrons. The fourth-order valence-corrected chi connectivity index (χ4v) is 1.71. The molecule has 0 fully saturated rings. The summed E-state index contributed by atoms with van der Waals surface area (Å²) in [4.78, 5) is 23.6. The predicted molar refractivity (Wildman–Crippen MR) is 69.0 cm³/mol. The van der Waals surface area contributed by atoms with Crippen LogP contribution in [0.2, 0.25) is 0 Å². The van der Waals surface area contributed by atoms with E-state index in [2.05, 4.69) is 10.1 Å². The van der Waals surface area contributed by atoms with E-state index in [1.54, 1.807) is 6.92 Å². The summed E-state index contributed by atoms with van der Waals surface area (Å²) in [6.07, 6.45) is 0.576. The molecule has 1 aromatic rings. The number of esters is 1. The van der Waals surface area contributed by atoms with Gasteiger partial charge in [0.1, 0.15) is 6.04 Å². The predicted octanol–water partition coefficient (Wildman–Crippen LogP) is 2.42. The second-order valence-electron chi connectivity index (χ2n) is 4.61. The van der Waals surface area contributed by atoms with Crippen molar-refractivity contribution in [1.29, 1.82) is 0 Å². The number of benzene rings is 1. The number of ether oxygens (including phenoxy) is 1. The third kappa shape index (κ3) is 3.96. The Kier molecular flexibility index (Phi) is 5.75. The summed E-state index contributed by atoms with van der Waals surface area (Å²) >= 11 is 0. The van der Waals surface area contributed by atoms with Crippen LogP contribution in [0.3, 0.4) is 0 Å². The van der Waals surface area contributed by atoms with E-state index in [4.69, 9.17) is 0 Å². The van der Waals surface area contributed by atoms with E-state index in [1.807, 2.05) is 6.92 Å². The van der Waals surface area contributed by atoms with E-state index in [9.17, 15) is 22.8 Å². The maximum absolute atomic E-state index is 13.1. The van der Waals surface area contributed by atoms with E-state index < -0.39 is 40.9 Å². The highest BCUT2D eigenvalue weighted by Crippen LogP contribution is 2.15. The average molecular weight is 303 g/mol. The van der Waals surface area contributed by atoms with Crippen LogP contribution >= 0.6 is 0 Å². The van der Waals surface area contributed by atoms with Gasteiger partial charge in [-0.2, -0.15) is 0 Å². The first-order chi connectivity index (χ1) is 9.81. The maximum atomic E-state index is 13.1. The summed E-state index contributed by atoms with van der Waals surface area (Å²) < 4.78 is 43.6. The minimum Gasteiger partial charge on any atom is -0.467 e. The summed E-state index contributed by atoms with van der Waals surface area (Å²) in [7, 11) is 1.17. The smallest absolute Gasteiger partial charge is 0.328 e. The number of hydrogen-bond acceptors (Lipinski definition) is 3. The van der Waals surface area contributed by atoms with Gasteiger partial charge in [0.25, 0.3) is 5.91 Å². The van der Waals surface area contributed by atoms with Crippen LogP contribution in [0.25, 0.3) is 0 Å². The molecule has 0 saturated heterocycles. The lowest BCUT2D eigenvalue weighted by Crippen LogP contribution is -2.45. The summed E-state index contributed by atoms with van der Waals surface area (Å²) in [5.41, 5.74) is -0.413. The molecule has 0 spiro atoms. The zero-order chi connectivity index (χ0) is 16.2. The first kappa shape index (κ1) is 17.0. The molecular formula is C14H16F3NO3. The van der Waals surface area contributed by atoms with Crippen molar-refractivity contribution < 1.29 is 27.5 Å². The van der Waals surface area contributed by atoms with Gasteiger partial charge in [-0.3, -0.25) is 4.79 Å². The second-order valence-corrected chi connectivity index (χ2v) is 4.61. The van der Waals surface area contributed by atoms with Crippen LogP contribution in [-0.4, -0.2) is 25.0 Å². The van der Waals surface area contributed by atoms with Crippen molar-refractivity contribution in [2.45, 2.75) is 26.3 Å². The van der Waals surface area contributed by atoms with E-state index in [-0.39, 0.29) is 5.92 Å². The quantitative estimate of drug-likeness (QED) is 0.671. The Morgan fingerprint density at radius 1 is 1.24 bits per heavy atom. The lowest BCUT2D eigenvalue weighted by atomic mass is 9.99. The molecule has 7 heteroatoms. The number of methoxy groups -OCH3 is 1. The van der Waals surface area contributed by atoms with Crippen LogP contribution in [0, 0.1) is 23.4 Å². The van der Waals surface area contributed by atoms with Crippen molar-refractivity contribution in [3.8, 4) is 0 Å². The number of carbonyl (C=O) groups is 2. The van der Waals surface area contributed by atoms with Crippen molar-refractivity contribution in [2.24, 2.45) is 5.92 Å². The molecule has 0 aromatic heterocycles. The second kappa shape index (κ2) is 7.10. The van der Waals surface area contributed by atoms with E-state index in [1.165, 1.54) is 7.11 Å². The molecule has 21 heavy (non-hydrogen) atoms. The van der Waals surface area contributed by atoms with Gasteiger partial charge in [0, 0.05) is 5.56 Å². The SMILES string of the molecule is CCC(C)C(NC(=O)c1cc(F)c(F)c(F)c1)C(=O)OC. The molecule has 0 aliphatic heterocycles. The molecule has 0 aliphatic rings. The zero-order valence-corrected chi connectivity index (χ0v) is 11.9. The molecular weight excluding hydrogens is 287 g/mol. The third-order valence-electron chi connectivity index (χ3n) is 3.20. The lowest BCUT2D eigenvalue weighted by molar-refractivity contribution is -0.144. The maximum Gasteiger partial charge on any atom is 0.328 e. The van der Waals surface area contributed by atoms with Gasteiger partial charge >= 0.3 is 5.97 Å². The Bertz CT molecular complexity index is 525. The first-order valence-electron chi connectivity index (χ1n) is 6.35. The van der Waals surface area contributed by atoms with Crippen LogP contribution in [0.5, 0.6) is 0 Å². The van der Waals surface area contributed by atoms with Crippen LogP contribution in [-0.2, 0) is 9.53 Å². The normalized spacial score (nSPS) is 13.4. The Balaban J connectivity index is 2.99. The Morgan fingerprint density at radius 3 is 2.19 bits per heavy atom. The highest BCUT2D eigenvalue weighted by molar-refractivity contribution is 5.96. The van der Waals surface area contributed by atoms with Crippen LogP contribution in [0.15, 0.2) is 12.1 Å². The van der Waals surface area contributed by atoms with E-state index in [0.717, 1.165) is 0 Å². The molecule has 0 aliphatic carbocycles. The molecule has 1 N–H and O–H groups in total. The highest BCUT2D eigenvalue weighted by Gasteiger charge is 2.27. The summed E-state index contributed by atoms with van der Waals surface area (Å²) in [6.45, 7) is 3.53. The van der Waals surface area contributed by atoms with Crippen molar-refractivity contribution in [1.82, 2.24) is 5.32 Å². The van der Waals surface area contributed by atoms with Gasteiger partial charge in [-0.15, -0.1) is 0 Å². The van der Waals surface area contributed by atoms with Gasteiger partial charge in [0.15, 0.2) is 17.5 Å². The van der Waals surface area contributed by atoms with Gasteiger partial charge in [0.2, 0.25) is 0 Å². The van der Waals surface area contributed by atoms with Gasteiger partial charge in [-0.05, 0) is 18.1 Å². The van der Waals surface area contributed by atoms with Gasteiger partial charge < -0.3 is 10.1 Å². The van der Waals surface area contributed by atoms with Gasteiger partial charge in [0.05, 0.1) is 7.11 Å². The molecule has 0 heterocycles. The number of carbonyl (C=O) groups excluding carboxylic acids is 2. The third-order valence-corrected chi connectivity index (χ3v) is 3.20. The number of nitrogens with one attached hydrogen (secondary N) is 1. The molecule has 1 amide bonds. The van der Waals surface area contributed by atoms with Crippen LogP contribution in [0.1, 0.15) is 30.6 Å². The Labute approximate surface area is 120 Å². The van der Waals surface area contributed by atoms with E-state index >= 15 is 0 Å². The summed E-state index contributed by atoms with van der Waals surface area (Å²) in [5, 5.41) is 2.34. The van der Waals surface area contributed by atoms with Crippen molar-refractivity contribution in [2.75, 3.05) is 7.11 Å². The largest absolute Gasteiger partial charge is 0.467 e. The Hall–Kier alpha value is -2.05. The molecule has 116 valence electrons. The highest BCUT2D eigenvalue weighted by atomic mass is 19.2. The van der Waals surface area contributed by atoms with Crippen molar-refractivity contribution in [3.05, 3.63) is 35.1 Å². The molecule has 0 saturated carbocycles. The Morgan fingerprint density at radius 2 is 1.76 bits per heavy atom. The monoisotopic (exact) mass is 303 g/mol. The topological polar surface area (TPSA) is 55.4 Å². The number of hydrogen-bond donors (Lipinski definition) is 1. The van der Waals surface area contributed by atoms with Gasteiger partial charge in [-0.25, -0.2) is 18.0 Å². The number of rotatable bonds is 5. The number of halogens is 3. The summed E-state index contributed by atoms with van der Waals surface area (Å²) in [5.74, 6) is -6.39. The standard InChI is InChI=1S/C14H16F3NO3/c1-4-7(2)12(14(20)21-3)18-13(19)8-5-9(15)11(17)10(16)6-8/h5-7,12H,4H2,1-3H3,(H,18,19). The lowest BCUT2D eigenvalue weighted by Gasteiger charge is -2.21. The van der Waals surface area contributed by atoms with Crippen molar-refractivity contribution >= 4 is 11.9 Å². The summed E-state index contributed by atoms with van der Waals surface area (Å²) in [6, 6.07) is 0.181. The molecule has 1 rings (SSSR count).